The predicted molar refractivity (Wildman–Crippen MR) is 111 cm³/mol. The molecule has 0 saturated carbocycles. The largest absolute Gasteiger partial charge is 0.490 e. The van der Waals surface area contributed by atoms with Gasteiger partial charge < -0.3 is 9.64 Å². The zero-order valence-corrected chi connectivity index (χ0v) is 17.3. The molecule has 0 atom stereocenters. The second kappa shape index (κ2) is 9.66. The highest BCUT2D eigenvalue weighted by molar-refractivity contribution is 5.65. The van der Waals surface area contributed by atoms with Crippen LogP contribution >= 0.6 is 0 Å². The lowest BCUT2D eigenvalue weighted by Gasteiger charge is -2.36. The summed E-state index contributed by atoms with van der Waals surface area (Å²) in [6, 6.07) is 10.9. The van der Waals surface area contributed by atoms with Gasteiger partial charge in [0.1, 0.15) is 11.5 Å². The van der Waals surface area contributed by atoms with Crippen LogP contribution in [0.4, 0.5) is 13.2 Å². The summed E-state index contributed by atoms with van der Waals surface area (Å²) in [5.41, 5.74) is -0.247. The van der Waals surface area contributed by atoms with Crippen molar-refractivity contribution in [2.24, 2.45) is 5.92 Å². The lowest BCUT2D eigenvalue weighted by molar-refractivity contribution is 0.0565. The molecule has 1 aliphatic rings. The first-order valence-electron chi connectivity index (χ1n) is 10.5. The minimum Gasteiger partial charge on any atom is -0.490 e. The molecule has 158 valence electrons. The highest BCUT2D eigenvalue weighted by atomic mass is 19.1. The normalized spacial score (nSPS) is 16.2. The molecule has 2 aromatic rings. The standard InChI is InChI=1S/C24H30F3NO/c1-3-24(27,4-2)17-28-13-11-18(12-14-28)16-29-23-10-9-19(15-22(23)26)20-7-5-6-8-21(20)25/h5-10,15,18H,3-4,11-14,16-17H2,1-2H3. The third-order valence-corrected chi connectivity index (χ3v) is 6.07. The van der Waals surface area contributed by atoms with E-state index in [2.05, 4.69) is 4.90 Å². The van der Waals surface area contributed by atoms with E-state index in [0.29, 0.717) is 43.0 Å². The van der Waals surface area contributed by atoms with Crippen molar-refractivity contribution in [3.8, 4) is 16.9 Å². The number of hydrogen-bond donors (Lipinski definition) is 0. The van der Waals surface area contributed by atoms with Gasteiger partial charge in [0.2, 0.25) is 0 Å². The van der Waals surface area contributed by atoms with E-state index in [1.807, 2.05) is 13.8 Å². The Kier molecular flexibility index (Phi) is 7.23. The van der Waals surface area contributed by atoms with Gasteiger partial charge >= 0.3 is 0 Å². The summed E-state index contributed by atoms with van der Waals surface area (Å²) in [6.45, 7) is 6.40. The Morgan fingerprint density at radius 2 is 1.69 bits per heavy atom. The molecule has 0 N–H and O–H groups in total. The van der Waals surface area contributed by atoms with E-state index in [1.165, 1.54) is 12.1 Å². The van der Waals surface area contributed by atoms with Crippen LogP contribution in [0.3, 0.4) is 0 Å². The molecule has 2 nitrogen and oxygen atoms in total. The van der Waals surface area contributed by atoms with Crippen LogP contribution in [0.5, 0.6) is 5.75 Å². The quantitative estimate of drug-likeness (QED) is 0.515. The molecular weight excluding hydrogens is 375 g/mol. The molecule has 0 spiro atoms. The van der Waals surface area contributed by atoms with E-state index in [4.69, 9.17) is 4.74 Å². The summed E-state index contributed by atoms with van der Waals surface area (Å²) in [4.78, 5) is 2.19. The van der Waals surface area contributed by atoms with Crippen molar-refractivity contribution < 1.29 is 17.9 Å². The first-order valence-corrected chi connectivity index (χ1v) is 10.5. The first-order chi connectivity index (χ1) is 13.9. The topological polar surface area (TPSA) is 12.5 Å². The van der Waals surface area contributed by atoms with Gasteiger partial charge in [-0.3, -0.25) is 0 Å². The number of hydrogen-bond acceptors (Lipinski definition) is 2. The zero-order chi connectivity index (χ0) is 20.9. The zero-order valence-electron chi connectivity index (χ0n) is 17.3. The number of nitrogens with zero attached hydrogens (tertiary/aromatic N) is 1. The number of halogens is 3. The number of ether oxygens (including phenoxy) is 1. The second-order valence-electron chi connectivity index (χ2n) is 8.01. The highest BCUT2D eigenvalue weighted by Gasteiger charge is 2.30. The van der Waals surface area contributed by atoms with Crippen LogP contribution in [0.2, 0.25) is 0 Å². The maximum absolute atomic E-state index is 14.6. The molecule has 3 rings (SSSR count). The predicted octanol–water partition coefficient (Wildman–Crippen LogP) is 6.25. The van der Waals surface area contributed by atoms with Crippen molar-refractivity contribution in [2.75, 3.05) is 26.2 Å². The SMILES string of the molecule is CCC(F)(CC)CN1CCC(COc2ccc(-c3ccccc3F)cc2F)CC1. The molecule has 1 saturated heterocycles. The Morgan fingerprint density at radius 3 is 2.31 bits per heavy atom. The Morgan fingerprint density at radius 1 is 1.00 bits per heavy atom. The van der Waals surface area contributed by atoms with Gasteiger partial charge in [0, 0.05) is 12.1 Å². The van der Waals surface area contributed by atoms with E-state index in [0.717, 1.165) is 25.9 Å². The van der Waals surface area contributed by atoms with Crippen LogP contribution in [0.25, 0.3) is 11.1 Å². The second-order valence-corrected chi connectivity index (χ2v) is 8.01. The van der Waals surface area contributed by atoms with Gasteiger partial charge in [-0.1, -0.05) is 38.1 Å². The fourth-order valence-corrected chi connectivity index (χ4v) is 3.87. The van der Waals surface area contributed by atoms with E-state index in [-0.39, 0.29) is 11.6 Å². The molecule has 0 unspecified atom stereocenters. The fourth-order valence-electron chi connectivity index (χ4n) is 3.87. The lowest BCUT2D eigenvalue weighted by Crippen LogP contribution is -2.44. The minimum absolute atomic E-state index is 0.187. The molecule has 0 radical (unpaired) electrons. The van der Waals surface area contributed by atoms with Gasteiger partial charge in [-0.15, -0.1) is 0 Å². The summed E-state index contributed by atoms with van der Waals surface area (Å²) in [7, 11) is 0. The minimum atomic E-state index is -1.10. The van der Waals surface area contributed by atoms with Crippen LogP contribution in [-0.4, -0.2) is 36.8 Å². The number of likely N-dealkylation sites (tertiary alicyclic amines) is 1. The fraction of sp³-hybridized carbons (Fsp3) is 0.500. The maximum atomic E-state index is 14.6. The summed E-state index contributed by atoms with van der Waals surface area (Å²) >= 11 is 0. The molecular formula is C24H30F3NO. The molecule has 1 fully saturated rings. The van der Waals surface area contributed by atoms with Gasteiger partial charge in [0.05, 0.1) is 6.61 Å². The first kappa shape index (κ1) is 21.7. The maximum Gasteiger partial charge on any atom is 0.165 e. The van der Waals surface area contributed by atoms with Crippen LogP contribution < -0.4 is 4.74 Å². The van der Waals surface area contributed by atoms with Gasteiger partial charge in [0.15, 0.2) is 11.6 Å². The van der Waals surface area contributed by atoms with Crippen LogP contribution in [-0.2, 0) is 0 Å². The molecule has 2 aromatic carbocycles. The van der Waals surface area contributed by atoms with Crippen molar-refractivity contribution in [3.05, 3.63) is 54.1 Å². The Labute approximate surface area is 171 Å². The molecule has 29 heavy (non-hydrogen) atoms. The Hall–Kier alpha value is -2.01. The number of piperidine rings is 1. The third-order valence-electron chi connectivity index (χ3n) is 6.07. The average molecular weight is 406 g/mol. The van der Waals surface area contributed by atoms with E-state index in [1.54, 1.807) is 30.3 Å². The molecule has 0 bridgehead atoms. The van der Waals surface area contributed by atoms with Gasteiger partial charge in [-0.05, 0) is 68.5 Å². The van der Waals surface area contributed by atoms with E-state index >= 15 is 0 Å². The van der Waals surface area contributed by atoms with Crippen molar-refractivity contribution >= 4 is 0 Å². The molecule has 1 heterocycles. The smallest absolute Gasteiger partial charge is 0.165 e. The van der Waals surface area contributed by atoms with E-state index < -0.39 is 11.5 Å². The molecule has 1 aliphatic heterocycles. The molecule has 0 aliphatic carbocycles. The van der Waals surface area contributed by atoms with Gasteiger partial charge in [0.25, 0.3) is 0 Å². The number of rotatable bonds is 8. The lowest BCUT2D eigenvalue weighted by atomic mass is 9.94. The average Bonchev–Trinajstić information content (AvgIpc) is 2.74. The molecule has 0 amide bonds. The van der Waals surface area contributed by atoms with Crippen molar-refractivity contribution in [1.29, 1.82) is 0 Å². The Balaban J connectivity index is 1.52. The third kappa shape index (κ3) is 5.53. The number of alkyl halides is 1. The monoisotopic (exact) mass is 405 g/mol. The van der Waals surface area contributed by atoms with Crippen LogP contribution in [0.15, 0.2) is 42.5 Å². The van der Waals surface area contributed by atoms with Crippen LogP contribution in [0, 0.1) is 17.6 Å². The molecule has 0 aromatic heterocycles. The van der Waals surface area contributed by atoms with E-state index in [9.17, 15) is 13.2 Å². The van der Waals surface area contributed by atoms with Gasteiger partial charge in [-0.25, -0.2) is 13.2 Å². The summed E-state index contributed by atoms with van der Waals surface area (Å²) in [5.74, 6) is -0.353. The summed E-state index contributed by atoms with van der Waals surface area (Å²) < 4.78 is 48.7. The van der Waals surface area contributed by atoms with Crippen molar-refractivity contribution in [2.45, 2.75) is 45.2 Å². The summed E-state index contributed by atoms with van der Waals surface area (Å²) in [6.07, 6.45) is 2.90. The Bertz CT molecular complexity index is 798. The highest BCUT2D eigenvalue weighted by Crippen LogP contribution is 2.29. The van der Waals surface area contributed by atoms with Crippen LogP contribution in [0.1, 0.15) is 39.5 Å². The number of benzene rings is 2. The summed E-state index contributed by atoms with van der Waals surface area (Å²) in [5, 5.41) is 0. The van der Waals surface area contributed by atoms with Crippen molar-refractivity contribution in [3.63, 3.8) is 0 Å². The van der Waals surface area contributed by atoms with Gasteiger partial charge in [-0.2, -0.15) is 0 Å². The van der Waals surface area contributed by atoms with Crippen molar-refractivity contribution in [1.82, 2.24) is 4.90 Å². The molecule has 5 heteroatoms.